The Morgan fingerprint density at radius 2 is 1.81 bits per heavy atom. The van der Waals surface area contributed by atoms with E-state index in [1.807, 2.05) is 0 Å². The number of nitrogens with zero attached hydrogens (tertiary/aromatic N) is 2. The van der Waals surface area contributed by atoms with Gasteiger partial charge >= 0.3 is 0 Å². The highest BCUT2D eigenvalue weighted by Crippen LogP contribution is 2.29. The molecule has 3 rings (SSSR count). The maximum absolute atomic E-state index is 13.8. The fraction of sp³-hybridized carbons (Fsp3) is 0.176. The number of sulfone groups is 1. The van der Waals surface area contributed by atoms with Crippen molar-refractivity contribution in [2.75, 3.05) is 0 Å². The Kier molecular flexibility index (Phi) is 4.49. The van der Waals surface area contributed by atoms with E-state index in [1.54, 1.807) is 0 Å². The van der Waals surface area contributed by atoms with Gasteiger partial charge in [-0.05, 0) is 35.4 Å². The summed E-state index contributed by atoms with van der Waals surface area (Å²) in [6, 6.07) is 7.27. The molecule has 26 heavy (non-hydrogen) atoms. The van der Waals surface area contributed by atoms with Gasteiger partial charge in [0, 0.05) is 12.4 Å². The average molecular weight is 379 g/mol. The Hall–Kier alpha value is -2.81. The zero-order chi connectivity index (χ0) is 19.1. The van der Waals surface area contributed by atoms with Crippen LogP contribution in [0.15, 0.2) is 41.4 Å². The number of benzene rings is 2. The lowest BCUT2D eigenvalue weighted by atomic mass is 10.1. The Bertz CT molecular complexity index is 1110. The van der Waals surface area contributed by atoms with Gasteiger partial charge < -0.3 is 5.73 Å². The van der Waals surface area contributed by atoms with Gasteiger partial charge in [-0.15, -0.1) is 0 Å². The maximum atomic E-state index is 13.8. The van der Waals surface area contributed by atoms with E-state index in [9.17, 15) is 22.0 Å². The highest BCUT2D eigenvalue weighted by atomic mass is 32.2. The van der Waals surface area contributed by atoms with E-state index in [4.69, 9.17) is 5.73 Å². The van der Waals surface area contributed by atoms with Crippen molar-refractivity contribution in [2.24, 2.45) is 12.8 Å². The first-order valence-electron chi connectivity index (χ1n) is 7.58. The van der Waals surface area contributed by atoms with Crippen LogP contribution in [0.2, 0.25) is 0 Å². The highest BCUT2D eigenvalue weighted by Gasteiger charge is 2.26. The first kappa shape index (κ1) is 18.0. The van der Waals surface area contributed by atoms with Crippen LogP contribution in [0.3, 0.4) is 0 Å². The smallest absolute Gasteiger partial charge is 0.221 e. The molecular weight excluding hydrogens is 364 g/mol. The molecule has 2 N–H and O–H groups in total. The van der Waals surface area contributed by atoms with E-state index in [-0.39, 0.29) is 27.9 Å². The number of amides is 1. The molecule has 136 valence electrons. The van der Waals surface area contributed by atoms with Crippen molar-refractivity contribution in [3.63, 3.8) is 0 Å². The number of rotatable bonds is 5. The predicted molar refractivity (Wildman–Crippen MR) is 90.9 cm³/mol. The van der Waals surface area contributed by atoms with E-state index < -0.39 is 33.1 Å². The average Bonchev–Trinajstić information content (AvgIpc) is 2.87. The number of primary amides is 1. The Morgan fingerprint density at radius 3 is 2.42 bits per heavy atom. The molecule has 0 unspecified atom stereocenters. The Labute approximate surface area is 148 Å². The van der Waals surface area contributed by atoms with Crippen molar-refractivity contribution in [1.82, 2.24) is 9.78 Å². The zero-order valence-corrected chi connectivity index (χ0v) is 14.6. The molecule has 0 aliphatic heterocycles. The molecule has 0 spiro atoms. The summed E-state index contributed by atoms with van der Waals surface area (Å²) in [5.41, 5.74) is 5.96. The molecular formula is C17H15F2N3O3S. The summed E-state index contributed by atoms with van der Waals surface area (Å²) in [5.74, 6) is -2.23. The van der Waals surface area contributed by atoms with Crippen LogP contribution in [-0.2, 0) is 33.9 Å². The summed E-state index contributed by atoms with van der Waals surface area (Å²) >= 11 is 0. The van der Waals surface area contributed by atoms with Crippen LogP contribution in [0.5, 0.6) is 0 Å². The minimum absolute atomic E-state index is 0.151. The van der Waals surface area contributed by atoms with Gasteiger partial charge in [0.05, 0.1) is 17.7 Å². The monoisotopic (exact) mass is 379 g/mol. The van der Waals surface area contributed by atoms with Crippen LogP contribution in [0, 0.1) is 11.6 Å². The summed E-state index contributed by atoms with van der Waals surface area (Å²) in [7, 11) is -2.45. The summed E-state index contributed by atoms with van der Waals surface area (Å²) in [4.78, 5) is 11.3. The third kappa shape index (κ3) is 3.43. The zero-order valence-electron chi connectivity index (χ0n) is 13.7. The standard InChI is InChI=1S/C17H15F2N3O3S/c1-22-14-8-13(19)6-11(7-15(20)23)16(14)17(21-22)26(24,25)9-10-2-4-12(18)5-3-10/h2-6,8H,7,9H2,1H3,(H2,20,23). The molecule has 2 aromatic carbocycles. The molecule has 0 radical (unpaired) electrons. The molecule has 0 bridgehead atoms. The third-order valence-electron chi connectivity index (χ3n) is 3.90. The van der Waals surface area contributed by atoms with Gasteiger partial charge in [0.25, 0.3) is 0 Å². The number of aromatic nitrogens is 2. The molecule has 0 saturated carbocycles. The van der Waals surface area contributed by atoms with Crippen molar-refractivity contribution in [3.05, 3.63) is 59.2 Å². The number of carbonyl (C=O) groups is 1. The van der Waals surface area contributed by atoms with E-state index in [2.05, 4.69) is 5.10 Å². The maximum Gasteiger partial charge on any atom is 0.221 e. The number of fused-ring (bicyclic) bond motifs is 1. The second kappa shape index (κ2) is 6.49. The number of hydrogen-bond acceptors (Lipinski definition) is 4. The molecule has 1 heterocycles. The molecule has 0 atom stereocenters. The van der Waals surface area contributed by atoms with E-state index >= 15 is 0 Å². The van der Waals surface area contributed by atoms with Gasteiger partial charge in [-0.2, -0.15) is 5.10 Å². The van der Waals surface area contributed by atoms with Crippen LogP contribution < -0.4 is 5.73 Å². The SMILES string of the molecule is Cn1nc(S(=O)(=O)Cc2ccc(F)cc2)c2c(CC(N)=O)cc(F)cc21. The van der Waals surface area contributed by atoms with Gasteiger partial charge in [-0.3, -0.25) is 9.48 Å². The molecule has 0 aliphatic rings. The molecule has 0 saturated heterocycles. The van der Waals surface area contributed by atoms with Crippen LogP contribution in [-0.4, -0.2) is 24.1 Å². The lowest BCUT2D eigenvalue weighted by molar-refractivity contribution is -0.117. The molecule has 6 nitrogen and oxygen atoms in total. The number of aryl methyl sites for hydroxylation is 1. The largest absolute Gasteiger partial charge is 0.369 e. The van der Waals surface area contributed by atoms with Gasteiger partial charge in [-0.25, -0.2) is 17.2 Å². The van der Waals surface area contributed by atoms with Crippen molar-refractivity contribution in [2.45, 2.75) is 17.2 Å². The van der Waals surface area contributed by atoms with Crippen LogP contribution in [0.25, 0.3) is 10.9 Å². The van der Waals surface area contributed by atoms with Crippen molar-refractivity contribution < 1.29 is 22.0 Å². The van der Waals surface area contributed by atoms with Crippen molar-refractivity contribution in [3.8, 4) is 0 Å². The second-order valence-corrected chi connectivity index (χ2v) is 7.82. The minimum Gasteiger partial charge on any atom is -0.369 e. The van der Waals surface area contributed by atoms with Crippen molar-refractivity contribution >= 4 is 26.6 Å². The van der Waals surface area contributed by atoms with E-state index in [1.165, 1.54) is 23.9 Å². The first-order valence-corrected chi connectivity index (χ1v) is 9.23. The van der Waals surface area contributed by atoms with E-state index in [0.717, 1.165) is 24.3 Å². The third-order valence-corrected chi connectivity index (χ3v) is 5.48. The van der Waals surface area contributed by atoms with E-state index in [0.29, 0.717) is 5.56 Å². The summed E-state index contributed by atoms with van der Waals surface area (Å²) < 4.78 is 53.8. The van der Waals surface area contributed by atoms with Gasteiger partial charge in [0.1, 0.15) is 11.6 Å². The lowest BCUT2D eigenvalue weighted by Crippen LogP contribution is -2.14. The lowest BCUT2D eigenvalue weighted by Gasteiger charge is -2.06. The van der Waals surface area contributed by atoms with Crippen molar-refractivity contribution in [1.29, 1.82) is 0 Å². The quantitative estimate of drug-likeness (QED) is 0.732. The Balaban J connectivity index is 2.17. The normalized spacial score (nSPS) is 11.8. The van der Waals surface area contributed by atoms with Crippen LogP contribution in [0.1, 0.15) is 11.1 Å². The molecule has 1 aromatic heterocycles. The van der Waals surface area contributed by atoms with Gasteiger partial charge in [0.15, 0.2) is 5.03 Å². The number of hydrogen-bond donors (Lipinski definition) is 1. The minimum atomic E-state index is -3.93. The Morgan fingerprint density at radius 1 is 1.15 bits per heavy atom. The fourth-order valence-electron chi connectivity index (χ4n) is 2.80. The second-order valence-electron chi connectivity index (χ2n) is 5.92. The highest BCUT2D eigenvalue weighted by molar-refractivity contribution is 7.90. The summed E-state index contributed by atoms with van der Waals surface area (Å²) in [6.45, 7) is 0. The number of nitrogens with two attached hydrogens (primary N) is 1. The number of carbonyl (C=O) groups excluding carboxylic acids is 1. The molecule has 9 heteroatoms. The fourth-order valence-corrected chi connectivity index (χ4v) is 4.36. The molecule has 0 aliphatic carbocycles. The number of halogens is 2. The van der Waals surface area contributed by atoms with Gasteiger partial charge in [0.2, 0.25) is 15.7 Å². The molecule has 0 fully saturated rings. The molecule has 1 amide bonds. The molecule has 3 aromatic rings. The summed E-state index contributed by atoms with van der Waals surface area (Å²) in [5, 5.41) is 3.91. The predicted octanol–water partition coefficient (Wildman–Crippen LogP) is 1.85. The first-order chi connectivity index (χ1) is 12.2. The topological polar surface area (TPSA) is 95.1 Å². The van der Waals surface area contributed by atoms with Crippen LogP contribution >= 0.6 is 0 Å². The van der Waals surface area contributed by atoms with Gasteiger partial charge in [-0.1, -0.05) is 12.1 Å². The van der Waals surface area contributed by atoms with Crippen LogP contribution in [0.4, 0.5) is 8.78 Å². The summed E-state index contributed by atoms with van der Waals surface area (Å²) in [6.07, 6.45) is -0.320.